The molecule has 2 heterocycles. The molecule has 38 heavy (non-hydrogen) atoms. The smallest absolute Gasteiger partial charge is 0.338 e. The van der Waals surface area contributed by atoms with Gasteiger partial charge in [0, 0.05) is 5.56 Å². The van der Waals surface area contributed by atoms with Crippen LogP contribution in [0.5, 0.6) is 11.5 Å². The number of aromatic nitrogens is 1. The van der Waals surface area contributed by atoms with Gasteiger partial charge in [-0.2, -0.15) is 0 Å². The summed E-state index contributed by atoms with van der Waals surface area (Å²) in [6.07, 6.45) is 4.20. The first kappa shape index (κ1) is 27.1. The maximum atomic E-state index is 13.9. The number of nitrogens with zero attached hydrogens (tertiary/aromatic N) is 2. The molecule has 7 nitrogen and oxygen atoms in total. The number of carbonyl (C=O) groups is 1. The van der Waals surface area contributed by atoms with E-state index >= 15 is 0 Å². The minimum absolute atomic E-state index is 0.0945. The third-order valence-corrected chi connectivity index (χ3v) is 7.04. The average Bonchev–Trinajstić information content (AvgIpc) is 3.18. The van der Waals surface area contributed by atoms with E-state index in [2.05, 4.69) is 11.6 Å². The third-order valence-electron chi connectivity index (χ3n) is 6.06. The van der Waals surface area contributed by atoms with Gasteiger partial charge in [0.05, 0.1) is 35.6 Å². The maximum Gasteiger partial charge on any atom is 0.338 e. The number of carbonyl (C=O) groups excluding carboxylic acids is 1. The Bertz CT molecular complexity index is 1580. The molecule has 0 spiro atoms. The Balaban J connectivity index is 1.95. The summed E-state index contributed by atoms with van der Waals surface area (Å²) in [7, 11) is 1.63. The average molecular weight is 533 g/mol. The molecule has 3 aromatic rings. The fourth-order valence-corrected chi connectivity index (χ4v) is 5.55. The lowest BCUT2D eigenvalue weighted by molar-refractivity contribution is -0.139. The lowest BCUT2D eigenvalue weighted by atomic mass is 9.95. The highest BCUT2D eigenvalue weighted by Crippen LogP contribution is 2.36. The zero-order valence-electron chi connectivity index (χ0n) is 22.3. The molecule has 0 aliphatic carbocycles. The third kappa shape index (κ3) is 5.36. The van der Waals surface area contributed by atoms with Gasteiger partial charge in [-0.3, -0.25) is 9.36 Å². The molecule has 0 N–H and O–H groups in total. The number of para-hydroxylation sites is 1. The topological polar surface area (TPSA) is 79.1 Å². The Morgan fingerprint density at radius 2 is 1.97 bits per heavy atom. The second-order valence-corrected chi connectivity index (χ2v) is 10.1. The summed E-state index contributed by atoms with van der Waals surface area (Å²) in [4.78, 5) is 32.3. The van der Waals surface area contributed by atoms with Crippen LogP contribution in [0.1, 0.15) is 50.4 Å². The van der Waals surface area contributed by atoms with Gasteiger partial charge in [-0.1, -0.05) is 41.7 Å². The second-order valence-electron chi connectivity index (χ2n) is 9.07. The van der Waals surface area contributed by atoms with Gasteiger partial charge in [-0.25, -0.2) is 9.79 Å². The van der Waals surface area contributed by atoms with Crippen molar-refractivity contribution in [2.75, 3.05) is 13.7 Å². The van der Waals surface area contributed by atoms with E-state index in [1.165, 1.54) is 11.3 Å². The van der Waals surface area contributed by atoms with Gasteiger partial charge in [-0.15, -0.1) is 6.58 Å². The molecule has 0 fully saturated rings. The van der Waals surface area contributed by atoms with E-state index in [-0.39, 0.29) is 18.3 Å². The van der Waals surface area contributed by atoms with Crippen molar-refractivity contribution in [1.82, 2.24) is 4.57 Å². The van der Waals surface area contributed by atoms with E-state index in [1.807, 2.05) is 68.5 Å². The number of hydrogen-bond acceptors (Lipinski definition) is 7. The molecule has 0 saturated carbocycles. The molecular formula is C30H32N2O5S. The highest BCUT2D eigenvalue weighted by molar-refractivity contribution is 7.07. The van der Waals surface area contributed by atoms with Crippen molar-refractivity contribution in [2.45, 2.75) is 46.3 Å². The number of rotatable bonds is 9. The molecule has 0 saturated heterocycles. The van der Waals surface area contributed by atoms with Crippen molar-refractivity contribution < 1.29 is 19.0 Å². The SMILES string of the molecule is C=CCc1cc(/C=c2/sc3n(c2=O)[C@H](c2ccccc2OC(C)C)C(C(=O)OCC)=C(C)N=3)ccc1OC. The van der Waals surface area contributed by atoms with Gasteiger partial charge in [0.25, 0.3) is 5.56 Å². The molecule has 0 radical (unpaired) electrons. The van der Waals surface area contributed by atoms with E-state index in [4.69, 9.17) is 14.2 Å². The molecule has 1 aromatic heterocycles. The van der Waals surface area contributed by atoms with Gasteiger partial charge in [0.2, 0.25) is 0 Å². The first-order valence-corrected chi connectivity index (χ1v) is 13.3. The predicted octanol–water partition coefficient (Wildman–Crippen LogP) is 4.32. The lowest BCUT2D eigenvalue weighted by Crippen LogP contribution is -2.40. The second kappa shape index (κ2) is 11.6. The Hall–Kier alpha value is -3.91. The summed E-state index contributed by atoms with van der Waals surface area (Å²) in [5.74, 6) is 0.861. The summed E-state index contributed by atoms with van der Waals surface area (Å²) in [6.45, 7) is 11.4. The van der Waals surface area contributed by atoms with Crippen molar-refractivity contribution >= 4 is 23.4 Å². The fraction of sp³-hybridized carbons (Fsp3) is 0.300. The number of fused-ring (bicyclic) bond motifs is 1. The van der Waals surface area contributed by atoms with Crippen LogP contribution >= 0.6 is 11.3 Å². The van der Waals surface area contributed by atoms with Crippen molar-refractivity contribution in [2.24, 2.45) is 4.99 Å². The van der Waals surface area contributed by atoms with Crippen LogP contribution < -0.4 is 24.4 Å². The van der Waals surface area contributed by atoms with Crippen LogP contribution in [-0.2, 0) is 16.0 Å². The summed E-state index contributed by atoms with van der Waals surface area (Å²) in [6, 6.07) is 12.5. The molecule has 198 valence electrons. The van der Waals surface area contributed by atoms with E-state index in [0.717, 1.165) is 16.9 Å². The number of methoxy groups -OCH3 is 1. The van der Waals surface area contributed by atoms with Crippen LogP contribution in [-0.4, -0.2) is 30.4 Å². The number of ether oxygens (including phenoxy) is 3. The summed E-state index contributed by atoms with van der Waals surface area (Å²) >= 11 is 1.28. The first-order chi connectivity index (χ1) is 18.3. The Morgan fingerprint density at radius 3 is 2.66 bits per heavy atom. The number of thiazole rings is 1. The number of hydrogen-bond donors (Lipinski definition) is 0. The van der Waals surface area contributed by atoms with Crippen LogP contribution in [0.4, 0.5) is 0 Å². The number of esters is 1. The molecule has 0 bridgehead atoms. The predicted molar refractivity (Wildman–Crippen MR) is 149 cm³/mol. The molecule has 4 rings (SSSR count). The minimum Gasteiger partial charge on any atom is -0.496 e. The molecular weight excluding hydrogens is 500 g/mol. The molecule has 0 amide bonds. The molecule has 2 aromatic carbocycles. The Kier molecular flexibility index (Phi) is 8.32. The van der Waals surface area contributed by atoms with Crippen molar-refractivity contribution in [3.05, 3.63) is 103 Å². The Morgan fingerprint density at radius 1 is 1.21 bits per heavy atom. The number of benzene rings is 2. The van der Waals surface area contributed by atoms with E-state index in [9.17, 15) is 9.59 Å². The fourth-order valence-electron chi connectivity index (χ4n) is 4.51. The Labute approximate surface area is 226 Å². The largest absolute Gasteiger partial charge is 0.496 e. The molecule has 1 aliphatic heterocycles. The lowest BCUT2D eigenvalue weighted by Gasteiger charge is -2.26. The van der Waals surface area contributed by atoms with Gasteiger partial charge < -0.3 is 14.2 Å². The first-order valence-electron chi connectivity index (χ1n) is 12.5. The quantitative estimate of drug-likeness (QED) is 0.303. The maximum absolute atomic E-state index is 13.9. The highest BCUT2D eigenvalue weighted by atomic mass is 32.1. The molecule has 1 aliphatic rings. The van der Waals surface area contributed by atoms with Crippen LogP contribution in [0.2, 0.25) is 0 Å². The number of allylic oxidation sites excluding steroid dienone is 2. The van der Waals surface area contributed by atoms with E-state index in [0.29, 0.717) is 38.3 Å². The summed E-state index contributed by atoms with van der Waals surface area (Å²) in [5, 5.41) is 0. The summed E-state index contributed by atoms with van der Waals surface area (Å²) < 4.78 is 19.0. The van der Waals surface area contributed by atoms with Gasteiger partial charge >= 0.3 is 5.97 Å². The normalized spacial score (nSPS) is 15.2. The van der Waals surface area contributed by atoms with Crippen molar-refractivity contribution in [1.29, 1.82) is 0 Å². The van der Waals surface area contributed by atoms with Crippen molar-refractivity contribution in [3.63, 3.8) is 0 Å². The minimum atomic E-state index is -0.741. The van der Waals surface area contributed by atoms with Gasteiger partial charge in [-0.05, 0) is 69.5 Å². The molecule has 1 atom stereocenters. The van der Waals surface area contributed by atoms with Crippen LogP contribution in [0, 0.1) is 0 Å². The zero-order valence-corrected chi connectivity index (χ0v) is 23.1. The molecule has 0 unspecified atom stereocenters. The van der Waals surface area contributed by atoms with Gasteiger partial charge in [0.1, 0.15) is 17.5 Å². The molecule has 8 heteroatoms. The van der Waals surface area contributed by atoms with Crippen LogP contribution in [0.25, 0.3) is 6.08 Å². The monoisotopic (exact) mass is 532 g/mol. The summed E-state index contributed by atoms with van der Waals surface area (Å²) in [5.41, 5.74) is 3.12. The van der Waals surface area contributed by atoms with Gasteiger partial charge in [0.15, 0.2) is 4.80 Å². The van der Waals surface area contributed by atoms with E-state index in [1.54, 1.807) is 25.5 Å². The zero-order chi connectivity index (χ0) is 27.4. The van der Waals surface area contributed by atoms with Crippen LogP contribution in [0.15, 0.2) is 76.2 Å². The van der Waals surface area contributed by atoms with E-state index < -0.39 is 12.0 Å². The van der Waals surface area contributed by atoms with Crippen LogP contribution in [0.3, 0.4) is 0 Å². The standard InChI is InChI=1S/C30H32N2O5S/c1-7-11-21-16-20(14-15-23(21)35-6)17-25-28(33)32-27(22-12-9-10-13-24(22)37-18(3)4)26(29(34)36-8-2)19(5)31-30(32)38-25/h7,9-10,12-18,27H,1,8,11H2,2-6H3/b25-17+/t27-/m1/s1. The van der Waals surface area contributed by atoms with Crippen molar-refractivity contribution in [3.8, 4) is 11.5 Å². The highest BCUT2D eigenvalue weighted by Gasteiger charge is 2.35.